The van der Waals surface area contributed by atoms with Crippen molar-refractivity contribution in [1.82, 2.24) is 14.9 Å². The Morgan fingerprint density at radius 3 is 2.82 bits per heavy atom. The van der Waals surface area contributed by atoms with Crippen LogP contribution in [0.5, 0.6) is 0 Å². The van der Waals surface area contributed by atoms with E-state index in [0.717, 1.165) is 12.1 Å². The lowest BCUT2D eigenvalue weighted by molar-refractivity contribution is -0.118. The smallest absolute Gasteiger partial charge is 0.240 e. The second-order valence-electron chi connectivity index (χ2n) is 6.84. The van der Waals surface area contributed by atoms with Gasteiger partial charge in [0.25, 0.3) is 0 Å². The predicted octanol–water partition coefficient (Wildman–Crippen LogP) is 3.26. The Morgan fingerprint density at radius 1 is 1.25 bits per heavy atom. The van der Waals surface area contributed by atoms with Gasteiger partial charge in [0.05, 0.1) is 5.25 Å². The minimum Gasteiger partial charge on any atom is -0.335 e. The highest BCUT2D eigenvalue weighted by Crippen LogP contribution is 2.34. The molecule has 0 bridgehead atoms. The maximum atomic E-state index is 13.5. The summed E-state index contributed by atoms with van der Waals surface area (Å²) in [4.78, 5) is 15.0. The van der Waals surface area contributed by atoms with Gasteiger partial charge in [-0.05, 0) is 44.0 Å². The topological polar surface area (TPSA) is 77.0 Å². The first-order valence-corrected chi connectivity index (χ1v) is 9.87. The Bertz CT molecular complexity index is 1040. The van der Waals surface area contributed by atoms with E-state index in [0.29, 0.717) is 16.5 Å². The standard InChI is InChI=1S/C20H20FN5OS/c1-12-10-14-6-3-4-9-17(14)25(12)19(27)13(2)28-20-24-23-18(26(20)22)15-7-5-8-16(21)11-15/h3-9,11-13H,10,22H2,1-2H3/t12-,13-/m0/s1. The van der Waals surface area contributed by atoms with Gasteiger partial charge in [-0.1, -0.05) is 42.1 Å². The van der Waals surface area contributed by atoms with Crippen LogP contribution in [-0.4, -0.2) is 32.1 Å². The van der Waals surface area contributed by atoms with E-state index in [1.165, 1.54) is 34.1 Å². The zero-order chi connectivity index (χ0) is 19.8. The summed E-state index contributed by atoms with van der Waals surface area (Å²) in [5, 5.41) is 8.16. The molecular formula is C20H20FN5OS. The van der Waals surface area contributed by atoms with Gasteiger partial charge in [-0.25, -0.2) is 9.07 Å². The van der Waals surface area contributed by atoms with Crippen LogP contribution in [-0.2, 0) is 11.2 Å². The molecular weight excluding hydrogens is 377 g/mol. The van der Waals surface area contributed by atoms with Crippen LogP contribution in [0.4, 0.5) is 10.1 Å². The van der Waals surface area contributed by atoms with Crippen molar-refractivity contribution in [2.24, 2.45) is 0 Å². The van der Waals surface area contributed by atoms with E-state index in [1.807, 2.05) is 36.9 Å². The molecule has 2 heterocycles. The quantitative estimate of drug-likeness (QED) is 0.540. The summed E-state index contributed by atoms with van der Waals surface area (Å²) in [6.07, 6.45) is 0.843. The highest BCUT2D eigenvalue weighted by atomic mass is 32.2. The number of nitrogens with zero attached hydrogens (tertiary/aromatic N) is 4. The summed E-state index contributed by atoms with van der Waals surface area (Å²) in [5.74, 6) is 6.09. The minimum atomic E-state index is -0.402. The molecule has 0 aliphatic carbocycles. The third-order valence-electron chi connectivity index (χ3n) is 4.82. The number of amides is 1. The number of carbonyl (C=O) groups excluding carboxylic acids is 1. The zero-order valence-corrected chi connectivity index (χ0v) is 16.4. The van der Waals surface area contributed by atoms with E-state index in [2.05, 4.69) is 16.3 Å². The fourth-order valence-corrected chi connectivity index (χ4v) is 4.31. The number of anilines is 1. The van der Waals surface area contributed by atoms with Gasteiger partial charge in [0, 0.05) is 17.3 Å². The lowest BCUT2D eigenvalue weighted by atomic mass is 10.1. The second kappa shape index (κ2) is 7.27. The Kier molecular flexibility index (Phi) is 4.80. The van der Waals surface area contributed by atoms with Crippen molar-refractivity contribution in [2.45, 2.75) is 36.7 Å². The van der Waals surface area contributed by atoms with Gasteiger partial charge in [-0.2, -0.15) is 0 Å². The Balaban J connectivity index is 1.55. The van der Waals surface area contributed by atoms with E-state index in [4.69, 9.17) is 5.84 Å². The molecule has 0 fully saturated rings. The Hall–Kier alpha value is -2.87. The highest BCUT2D eigenvalue weighted by molar-refractivity contribution is 8.00. The lowest BCUT2D eigenvalue weighted by Gasteiger charge is -2.25. The van der Waals surface area contributed by atoms with Gasteiger partial charge in [-0.3, -0.25) is 4.79 Å². The second-order valence-corrected chi connectivity index (χ2v) is 8.14. The Morgan fingerprint density at radius 2 is 2.04 bits per heavy atom. The normalized spacial score (nSPS) is 16.8. The van der Waals surface area contributed by atoms with Gasteiger partial charge in [0.1, 0.15) is 5.82 Å². The summed E-state index contributed by atoms with van der Waals surface area (Å²) in [7, 11) is 0. The van der Waals surface area contributed by atoms with Crippen molar-refractivity contribution >= 4 is 23.4 Å². The van der Waals surface area contributed by atoms with Crippen LogP contribution in [0.2, 0.25) is 0 Å². The van der Waals surface area contributed by atoms with Crippen molar-refractivity contribution in [3.63, 3.8) is 0 Å². The summed E-state index contributed by atoms with van der Waals surface area (Å²) < 4.78 is 14.8. The molecule has 4 rings (SSSR count). The van der Waals surface area contributed by atoms with Crippen molar-refractivity contribution in [3.05, 3.63) is 59.9 Å². The molecule has 28 heavy (non-hydrogen) atoms. The van der Waals surface area contributed by atoms with Crippen molar-refractivity contribution in [2.75, 3.05) is 10.7 Å². The monoisotopic (exact) mass is 397 g/mol. The van der Waals surface area contributed by atoms with Crippen molar-refractivity contribution in [3.8, 4) is 11.4 Å². The number of hydrogen-bond acceptors (Lipinski definition) is 5. The van der Waals surface area contributed by atoms with E-state index >= 15 is 0 Å². The van der Waals surface area contributed by atoms with Crippen LogP contribution in [0.3, 0.4) is 0 Å². The van der Waals surface area contributed by atoms with E-state index in [9.17, 15) is 9.18 Å². The molecule has 0 spiro atoms. The molecule has 8 heteroatoms. The SMILES string of the molecule is C[C@H](Sc1nnc(-c2cccc(F)c2)n1N)C(=O)N1c2ccccc2C[C@@H]1C. The van der Waals surface area contributed by atoms with Crippen LogP contribution in [0.1, 0.15) is 19.4 Å². The molecule has 1 aliphatic rings. The fourth-order valence-electron chi connectivity index (χ4n) is 3.49. The number of nitrogens with two attached hydrogens (primary N) is 1. The number of hydrogen-bond donors (Lipinski definition) is 1. The van der Waals surface area contributed by atoms with Crippen LogP contribution in [0, 0.1) is 5.82 Å². The number of para-hydroxylation sites is 1. The molecule has 2 atom stereocenters. The first-order valence-electron chi connectivity index (χ1n) is 8.99. The molecule has 0 radical (unpaired) electrons. The molecule has 1 aromatic heterocycles. The largest absolute Gasteiger partial charge is 0.335 e. The molecule has 6 nitrogen and oxygen atoms in total. The van der Waals surface area contributed by atoms with Gasteiger partial charge < -0.3 is 10.7 Å². The maximum absolute atomic E-state index is 13.5. The molecule has 2 N–H and O–H groups in total. The Labute approximate surface area is 166 Å². The number of rotatable bonds is 4. The molecule has 1 aliphatic heterocycles. The molecule has 144 valence electrons. The summed E-state index contributed by atoms with van der Waals surface area (Å²) in [5.41, 5.74) is 2.67. The van der Waals surface area contributed by atoms with Crippen molar-refractivity contribution < 1.29 is 9.18 Å². The number of aromatic nitrogens is 3. The number of nitrogen functional groups attached to an aromatic ring is 1. The molecule has 1 amide bonds. The fraction of sp³-hybridized carbons (Fsp3) is 0.250. The average molecular weight is 397 g/mol. The molecule has 0 unspecified atom stereocenters. The first-order chi connectivity index (χ1) is 13.5. The van der Waals surface area contributed by atoms with Crippen LogP contribution >= 0.6 is 11.8 Å². The van der Waals surface area contributed by atoms with E-state index in [1.54, 1.807) is 12.1 Å². The van der Waals surface area contributed by atoms with E-state index in [-0.39, 0.29) is 17.8 Å². The first kappa shape index (κ1) is 18.5. The van der Waals surface area contributed by atoms with Gasteiger partial charge in [-0.15, -0.1) is 10.2 Å². The van der Waals surface area contributed by atoms with Crippen LogP contribution in [0.25, 0.3) is 11.4 Å². The highest BCUT2D eigenvalue weighted by Gasteiger charge is 2.34. The number of fused-ring (bicyclic) bond motifs is 1. The zero-order valence-electron chi connectivity index (χ0n) is 15.5. The van der Waals surface area contributed by atoms with Crippen LogP contribution < -0.4 is 10.7 Å². The summed E-state index contributed by atoms with van der Waals surface area (Å²) in [6, 6.07) is 14.1. The van der Waals surface area contributed by atoms with Crippen LogP contribution in [0.15, 0.2) is 53.7 Å². The summed E-state index contributed by atoms with van der Waals surface area (Å²) in [6.45, 7) is 3.87. The third kappa shape index (κ3) is 3.24. The van der Waals surface area contributed by atoms with E-state index < -0.39 is 5.25 Å². The molecule has 0 saturated carbocycles. The molecule has 3 aromatic rings. The van der Waals surface area contributed by atoms with Gasteiger partial charge in [0.2, 0.25) is 11.1 Å². The maximum Gasteiger partial charge on any atom is 0.240 e. The number of carbonyl (C=O) groups is 1. The molecule has 0 saturated heterocycles. The molecule has 2 aromatic carbocycles. The number of halogens is 1. The predicted molar refractivity (Wildman–Crippen MR) is 108 cm³/mol. The number of thioether (sulfide) groups is 1. The average Bonchev–Trinajstić information content (AvgIpc) is 3.20. The third-order valence-corrected chi connectivity index (χ3v) is 5.87. The summed E-state index contributed by atoms with van der Waals surface area (Å²) >= 11 is 1.24. The minimum absolute atomic E-state index is 0.00208. The van der Waals surface area contributed by atoms with Crippen molar-refractivity contribution in [1.29, 1.82) is 0 Å². The van der Waals surface area contributed by atoms with Gasteiger partial charge in [0.15, 0.2) is 5.82 Å². The van der Waals surface area contributed by atoms with Gasteiger partial charge >= 0.3 is 0 Å². The number of benzene rings is 2. The lowest BCUT2D eigenvalue weighted by Crippen LogP contribution is -2.40.